The summed E-state index contributed by atoms with van der Waals surface area (Å²) in [5, 5.41) is 10.2. The third-order valence-corrected chi connectivity index (χ3v) is 3.62. The van der Waals surface area contributed by atoms with Crippen molar-refractivity contribution >= 4 is 23.2 Å². The summed E-state index contributed by atoms with van der Waals surface area (Å²) in [5.74, 6) is -0.275. The predicted octanol–water partition coefficient (Wildman–Crippen LogP) is 3.69. The van der Waals surface area contributed by atoms with E-state index in [-0.39, 0.29) is 5.91 Å². The molecule has 1 amide bonds. The Bertz CT molecular complexity index is 814. The minimum atomic E-state index is -0.275. The molecule has 0 saturated heterocycles. The van der Waals surface area contributed by atoms with Gasteiger partial charge in [-0.25, -0.2) is 0 Å². The smallest absolute Gasteiger partial charge is 0.273 e. The number of rotatable bonds is 3. The standard InChI is InChI=1S/C16H13ClN4O/c1-10-4-5-12(7-13(10)17)19-16(22)15-8-14(20-21-15)11-3-2-6-18-9-11/h2-9H,1H3,(H,19,22)(H,20,21). The highest BCUT2D eigenvalue weighted by atomic mass is 35.5. The molecule has 5 nitrogen and oxygen atoms in total. The van der Waals surface area contributed by atoms with E-state index in [1.54, 1.807) is 30.6 Å². The molecule has 3 aromatic rings. The number of pyridine rings is 1. The van der Waals surface area contributed by atoms with Crippen LogP contribution >= 0.6 is 11.6 Å². The Morgan fingerprint density at radius 3 is 2.86 bits per heavy atom. The maximum atomic E-state index is 12.2. The lowest BCUT2D eigenvalue weighted by molar-refractivity contribution is 0.102. The molecule has 0 aliphatic heterocycles. The van der Waals surface area contributed by atoms with E-state index in [1.165, 1.54) is 0 Å². The predicted molar refractivity (Wildman–Crippen MR) is 86.0 cm³/mol. The van der Waals surface area contributed by atoms with Crippen molar-refractivity contribution in [3.05, 3.63) is 65.1 Å². The summed E-state index contributed by atoms with van der Waals surface area (Å²) in [4.78, 5) is 16.2. The van der Waals surface area contributed by atoms with E-state index in [0.717, 1.165) is 11.1 Å². The average Bonchev–Trinajstić information content (AvgIpc) is 3.02. The molecule has 22 heavy (non-hydrogen) atoms. The fourth-order valence-electron chi connectivity index (χ4n) is 1.97. The molecule has 0 radical (unpaired) electrons. The second-order valence-electron chi connectivity index (χ2n) is 4.83. The lowest BCUT2D eigenvalue weighted by Crippen LogP contribution is -2.12. The fraction of sp³-hybridized carbons (Fsp3) is 0.0625. The Morgan fingerprint density at radius 1 is 1.27 bits per heavy atom. The molecule has 110 valence electrons. The van der Waals surface area contributed by atoms with E-state index in [2.05, 4.69) is 20.5 Å². The summed E-state index contributed by atoms with van der Waals surface area (Å²) in [5.41, 5.74) is 3.48. The number of nitrogens with one attached hydrogen (secondary N) is 2. The molecule has 2 aromatic heterocycles. The van der Waals surface area contributed by atoms with E-state index < -0.39 is 0 Å². The Balaban J connectivity index is 1.78. The summed E-state index contributed by atoms with van der Waals surface area (Å²) >= 11 is 6.05. The minimum absolute atomic E-state index is 0.275. The van der Waals surface area contributed by atoms with Crippen LogP contribution in [-0.4, -0.2) is 21.1 Å². The van der Waals surface area contributed by atoms with Crippen LogP contribution in [0.3, 0.4) is 0 Å². The van der Waals surface area contributed by atoms with Crippen LogP contribution in [-0.2, 0) is 0 Å². The maximum absolute atomic E-state index is 12.2. The molecular weight excluding hydrogens is 300 g/mol. The average molecular weight is 313 g/mol. The zero-order valence-corrected chi connectivity index (χ0v) is 12.6. The Hall–Kier alpha value is -2.66. The van der Waals surface area contributed by atoms with E-state index in [0.29, 0.717) is 22.1 Å². The van der Waals surface area contributed by atoms with Gasteiger partial charge in [-0.15, -0.1) is 0 Å². The number of aryl methyl sites for hydroxylation is 1. The molecule has 0 bridgehead atoms. The number of anilines is 1. The number of carbonyl (C=O) groups excluding carboxylic acids is 1. The molecule has 6 heteroatoms. The summed E-state index contributed by atoms with van der Waals surface area (Å²) in [6.07, 6.45) is 3.38. The van der Waals surface area contributed by atoms with Gasteiger partial charge in [-0.05, 0) is 42.8 Å². The van der Waals surface area contributed by atoms with Crippen molar-refractivity contribution in [3.8, 4) is 11.3 Å². The Morgan fingerprint density at radius 2 is 2.14 bits per heavy atom. The summed E-state index contributed by atoms with van der Waals surface area (Å²) in [6.45, 7) is 1.91. The number of benzene rings is 1. The van der Waals surface area contributed by atoms with Gasteiger partial charge in [0.05, 0.1) is 5.69 Å². The second-order valence-corrected chi connectivity index (χ2v) is 5.23. The highest BCUT2D eigenvalue weighted by Crippen LogP contribution is 2.21. The first-order valence-electron chi connectivity index (χ1n) is 6.67. The first-order valence-corrected chi connectivity index (χ1v) is 7.04. The van der Waals surface area contributed by atoms with Gasteiger partial charge in [0.15, 0.2) is 0 Å². The topological polar surface area (TPSA) is 70.7 Å². The van der Waals surface area contributed by atoms with Crippen LogP contribution in [0.15, 0.2) is 48.8 Å². The fourth-order valence-corrected chi connectivity index (χ4v) is 2.15. The van der Waals surface area contributed by atoms with E-state index >= 15 is 0 Å². The van der Waals surface area contributed by atoms with Crippen molar-refractivity contribution in [2.45, 2.75) is 6.92 Å². The quantitative estimate of drug-likeness (QED) is 0.775. The van der Waals surface area contributed by atoms with E-state index in [9.17, 15) is 4.79 Å². The molecule has 3 rings (SSSR count). The van der Waals surface area contributed by atoms with Gasteiger partial charge in [0, 0.05) is 28.7 Å². The van der Waals surface area contributed by atoms with Gasteiger partial charge in [-0.2, -0.15) is 5.10 Å². The molecule has 0 saturated carbocycles. The van der Waals surface area contributed by atoms with Gasteiger partial charge in [-0.3, -0.25) is 14.9 Å². The van der Waals surface area contributed by atoms with Gasteiger partial charge in [0.25, 0.3) is 5.91 Å². The zero-order valence-electron chi connectivity index (χ0n) is 11.8. The molecule has 2 N–H and O–H groups in total. The number of H-pyrrole nitrogens is 1. The SMILES string of the molecule is Cc1ccc(NC(=O)c2cc(-c3cccnc3)n[nH]2)cc1Cl. The van der Waals surface area contributed by atoms with Crippen molar-refractivity contribution in [2.75, 3.05) is 5.32 Å². The Kier molecular flexibility index (Phi) is 3.89. The van der Waals surface area contributed by atoms with Crippen molar-refractivity contribution < 1.29 is 4.79 Å². The molecule has 0 atom stereocenters. The van der Waals surface area contributed by atoms with E-state index in [1.807, 2.05) is 25.1 Å². The minimum Gasteiger partial charge on any atom is -0.321 e. The highest BCUT2D eigenvalue weighted by Gasteiger charge is 2.11. The molecule has 0 aliphatic rings. The van der Waals surface area contributed by atoms with Crippen LogP contribution in [0.4, 0.5) is 5.69 Å². The van der Waals surface area contributed by atoms with Gasteiger partial charge in [0.1, 0.15) is 5.69 Å². The van der Waals surface area contributed by atoms with Crippen LogP contribution in [0.2, 0.25) is 5.02 Å². The lowest BCUT2D eigenvalue weighted by Gasteiger charge is -2.05. The van der Waals surface area contributed by atoms with Crippen LogP contribution in [0, 0.1) is 6.92 Å². The zero-order chi connectivity index (χ0) is 15.5. The number of carbonyl (C=O) groups is 1. The number of amides is 1. The van der Waals surface area contributed by atoms with Crippen LogP contribution in [0.1, 0.15) is 16.1 Å². The number of halogens is 1. The number of hydrogen-bond donors (Lipinski definition) is 2. The molecule has 0 aliphatic carbocycles. The van der Waals surface area contributed by atoms with E-state index in [4.69, 9.17) is 11.6 Å². The Labute approximate surface area is 132 Å². The first-order chi connectivity index (χ1) is 10.6. The van der Waals surface area contributed by atoms with Gasteiger partial charge in [-0.1, -0.05) is 17.7 Å². The largest absolute Gasteiger partial charge is 0.321 e. The van der Waals surface area contributed by atoms with Crippen LogP contribution in [0.5, 0.6) is 0 Å². The molecule has 0 unspecified atom stereocenters. The number of hydrogen-bond acceptors (Lipinski definition) is 3. The monoisotopic (exact) mass is 312 g/mol. The number of nitrogens with zero attached hydrogens (tertiary/aromatic N) is 2. The molecule has 0 fully saturated rings. The summed E-state index contributed by atoms with van der Waals surface area (Å²) in [7, 11) is 0. The lowest BCUT2D eigenvalue weighted by atomic mass is 10.2. The maximum Gasteiger partial charge on any atom is 0.273 e. The number of aromatic nitrogens is 3. The van der Waals surface area contributed by atoms with Gasteiger partial charge < -0.3 is 5.32 Å². The van der Waals surface area contributed by atoms with Crippen LogP contribution in [0.25, 0.3) is 11.3 Å². The molecular formula is C16H13ClN4O. The molecule has 1 aromatic carbocycles. The van der Waals surface area contributed by atoms with Crippen LogP contribution < -0.4 is 5.32 Å². The summed E-state index contributed by atoms with van der Waals surface area (Å²) in [6, 6.07) is 10.8. The molecule has 2 heterocycles. The van der Waals surface area contributed by atoms with Gasteiger partial charge in [0.2, 0.25) is 0 Å². The normalized spacial score (nSPS) is 10.5. The third kappa shape index (κ3) is 2.99. The third-order valence-electron chi connectivity index (χ3n) is 3.21. The van der Waals surface area contributed by atoms with Gasteiger partial charge >= 0.3 is 0 Å². The van der Waals surface area contributed by atoms with Crippen molar-refractivity contribution in [1.82, 2.24) is 15.2 Å². The van der Waals surface area contributed by atoms with Crippen molar-refractivity contribution in [1.29, 1.82) is 0 Å². The second kappa shape index (κ2) is 5.99. The molecule has 0 spiro atoms. The number of aromatic amines is 1. The first kappa shape index (κ1) is 14.3. The van der Waals surface area contributed by atoms with Crippen molar-refractivity contribution in [3.63, 3.8) is 0 Å². The summed E-state index contributed by atoms with van der Waals surface area (Å²) < 4.78 is 0. The highest BCUT2D eigenvalue weighted by molar-refractivity contribution is 6.31. The van der Waals surface area contributed by atoms with Crippen molar-refractivity contribution in [2.24, 2.45) is 0 Å².